The lowest BCUT2D eigenvalue weighted by Crippen LogP contribution is -2.48. The largest absolute Gasteiger partial charge is 0.495 e. The van der Waals surface area contributed by atoms with Crippen molar-refractivity contribution in [3.8, 4) is 5.75 Å². The lowest BCUT2D eigenvalue weighted by atomic mass is 10.2. The normalized spacial score (nSPS) is 11.5. The number of hydrogen-bond acceptors (Lipinski definition) is 4. The number of para-hydroxylation sites is 2. The molecule has 0 heterocycles. The van der Waals surface area contributed by atoms with Gasteiger partial charge in [-0.05, 0) is 12.1 Å². The summed E-state index contributed by atoms with van der Waals surface area (Å²) in [6, 6.07) is 4.83. The third-order valence-corrected chi connectivity index (χ3v) is 2.53. The van der Waals surface area contributed by atoms with E-state index >= 15 is 0 Å². The Labute approximate surface area is 110 Å². The fraction of sp³-hybridized carbons (Fsp3) is 0.333. The van der Waals surface area contributed by atoms with Gasteiger partial charge < -0.3 is 20.3 Å². The number of aliphatic hydroxyl groups excluding tert-OH is 1. The Morgan fingerprint density at radius 3 is 2.58 bits per heavy atom. The Hall–Kier alpha value is -2.28. The minimum Gasteiger partial charge on any atom is -0.495 e. The van der Waals surface area contributed by atoms with Crippen LogP contribution in [0.2, 0.25) is 0 Å². The summed E-state index contributed by atoms with van der Waals surface area (Å²) in [4.78, 5) is 23.8. The van der Waals surface area contributed by atoms with Gasteiger partial charge in [0.1, 0.15) is 5.75 Å². The van der Waals surface area contributed by atoms with Gasteiger partial charge in [-0.25, -0.2) is 9.59 Å². The first-order valence-corrected chi connectivity index (χ1v) is 5.52. The highest BCUT2D eigenvalue weighted by molar-refractivity contribution is 5.95. The average molecular weight is 268 g/mol. The molecule has 1 rings (SSSR count). The smallest absolute Gasteiger partial charge is 0.328 e. The highest BCUT2D eigenvalue weighted by Gasteiger charge is 2.22. The number of aliphatic hydroxyl groups is 1. The minimum absolute atomic E-state index is 0.482. The second-order valence-electron chi connectivity index (χ2n) is 3.75. The molecule has 2 amide bonds. The van der Waals surface area contributed by atoms with Crippen LogP contribution in [-0.4, -0.2) is 49.0 Å². The van der Waals surface area contributed by atoms with Crippen LogP contribution in [0.15, 0.2) is 24.3 Å². The summed E-state index contributed by atoms with van der Waals surface area (Å²) >= 11 is 0. The highest BCUT2D eigenvalue weighted by Crippen LogP contribution is 2.26. The highest BCUT2D eigenvalue weighted by atomic mass is 16.5. The van der Waals surface area contributed by atoms with Gasteiger partial charge in [0.25, 0.3) is 0 Å². The molecule has 0 aliphatic carbocycles. The van der Waals surface area contributed by atoms with Crippen molar-refractivity contribution in [2.45, 2.75) is 6.04 Å². The maximum absolute atomic E-state index is 11.9. The molecule has 0 saturated carbocycles. The van der Waals surface area contributed by atoms with E-state index in [1.165, 1.54) is 19.1 Å². The van der Waals surface area contributed by atoms with E-state index in [2.05, 4.69) is 5.32 Å². The van der Waals surface area contributed by atoms with E-state index in [4.69, 9.17) is 14.9 Å². The number of methoxy groups -OCH3 is 1. The quantitative estimate of drug-likeness (QED) is 0.712. The second-order valence-corrected chi connectivity index (χ2v) is 3.75. The van der Waals surface area contributed by atoms with E-state index in [9.17, 15) is 9.59 Å². The Morgan fingerprint density at radius 2 is 2.05 bits per heavy atom. The molecule has 0 fully saturated rings. The summed E-state index contributed by atoms with van der Waals surface area (Å²) in [7, 11) is 2.95. The summed E-state index contributed by atoms with van der Waals surface area (Å²) < 4.78 is 5.11. The van der Waals surface area contributed by atoms with Crippen LogP contribution in [0.5, 0.6) is 5.75 Å². The van der Waals surface area contributed by atoms with Gasteiger partial charge in [0.05, 0.1) is 19.4 Å². The first-order valence-electron chi connectivity index (χ1n) is 5.52. The zero-order valence-corrected chi connectivity index (χ0v) is 10.7. The van der Waals surface area contributed by atoms with E-state index in [0.717, 1.165) is 0 Å². The maximum Gasteiger partial charge on any atom is 0.328 e. The van der Waals surface area contributed by atoms with E-state index in [1.807, 2.05) is 0 Å². The number of aliphatic carboxylic acids is 1. The predicted molar refractivity (Wildman–Crippen MR) is 68.4 cm³/mol. The molecule has 7 nitrogen and oxygen atoms in total. The molecule has 104 valence electrons. The van der Waals surface area contributed by atoms with Crippen molar-refractivity contribution in [1.82, 2.24) is 5.32 Å². The van der Waals surface area contributed by atoms with Crippen LogP contribution in [0.1, 0.15) is 0 Å². The zero-order chi connectivity index (χ0) is 14.4. The number of carbonyl (C=O) groups excluding carboxylic acids is 1. The molecule has 0 aliphatic rings. The van der Waals surface area contributed by atoms with Gasteiger partial charge in [0.15, 0.2) is 6.04 Å². The summed E-state index contributed by atoms with van der Waals surface area (Å²) in [6.07, 6.45) is 0. The van der Waals surface area contributed by atoms with Crippen molar-refractivity contribution in [2.75, 3.05) is 25.7 Å². The molecular weight excluding hydrogens is 252 g/mol. The average Bonchev–Trinajstić information content (AvgIpc) is 2.43. The van der Waals surface area contributed by atoms with E-state index < -0.39 is 24.6 Å². The van der Waals surface area contributed by atoms with Crippen LogP contribution in [0.3, 0.4) is 0 Å². The van der Waals surface area contributed by atoms with Gasteiger partial charge in [-0.1, -0.05) is 12.1 Å². The number of anilines is 1. The maximum atomic E-state index is 11.9. The van der Waals surface area contributed by atoms with Gasteiger partial charge in [-0.15, -0.1) is 0 Å². The molecule has 7 heteroatoms. The van der Waals surface area contributed by atoms with Crippen LogP contribution in [-0.2, 0) is 4.79 Å². The number of rotatable bonds is 5. The van der Waals surface area contributed by atoms with Crippen LogP contribution in [0.25, 0.3) is 0 Å². The zero-order valence-electron chi connectivity index (χ0n) is 10.7. The van der Waals surface area contributed by atoms with E-state index in [1.54, 1.807) is 24.3 Å². The van der Waals surface area contributed by atoms with Crippen molar-refractivity contribution < 1.29 is 24.5 Å². The van der Waals surface area contributed by atoms with Crippen LogP contribution < -0.4 is 15.0 Å². The summed E-state index contributed by atoms with van der Waals surface area (Å²) in [5.74, 6) is -0.819. The van der Waals surface area contributed by atoms with E-state index in [0.29, 0.717) is 11.4 Å². The first-order chi connectivity index (χ1) is 9.01. The molecule has 0 aliphatic heterocycles. The third kappa shape index (κ3) is 3.59. The fourth-order valence-corrected chi connectivity index (χ4v) is 1.45. The lowest BCUT2D eigenvalue weighted by Gasteiger charge is -2.22. The number of carboxylic acid groups (broad SMARTS) is 1. The van der Waals surface area contributed by atoms with Crippen LogP contribution in [0.4, 0.5) is 10.5 Å². The molecule has 0 radical (unpaired) electrons. The van der Waals surface area contributed by atoms with E-state index in [-0.39, 0.29) is 0 Å². The SMILES string of the molecule is COc1ccccc1N(C)C(=O)N[C@H](CO)C(=O)O. The number of carboxylic acids is 1. The molecule has 0 spiro atoms. The van der Waals surface area contributed by atoms with Crippen molar-refractivity contribution in [1.29, 1.82) is 0 Å². The molecule has 1 aromatic rings. The number of urea groups is 1. The molecular formula is C12H16N2O5. The number of hydrogen-bond donors (Lipinski definition) is 3. The van der Waals surface area contributed by atoms with Crippen molar-refractivity contribution in [3.05, 3.63) is 24.3 Å². The van der Waals surface area contributed by atoms with Gasteiger partial charge in [0.2, 0.25) is 0 Å². The Kier molecular flexibility index (Phi) is 5.13. The molecule has 0 saturated heterocycles. The summed E-state index contributed by atoms with van der Waals surface area (Å²) in [6.45, 7) is -0.680. The molecule has 19 heavy (non-hydrogen) atoms. The van der Waals surface area contributed by atoms with Gasteiger partial charge >= 0.3 is 12.0 Å². The lowest BCUT2D eigenvalue weighted by molar-refractivity contribution is -0.140. The molecule has 0 bridgehead atoms. The van der Waals surface area contributed by atoms with Gasteiger partial charge in [-0.2, -0.15) is 0 Å². The van der Waals surface area contributed by atoms with Gasteiger partial charge in [0, 0.05) is 7.05 Å². The summed E-state index contributed by atoms with van der Waals surface area (Å²) in [5, 5.41) is 19.8. The van der Waals surface area contributed by atoms with Crippen molar-refractivity contribution in [3.63, 3.8) is 0 Å². The van der Waals surface area contributed by atoms with Crippen LogP contribution in [0, 0.1) is 0 Å². The van der Waals surface area contributed by atoms with Crippen LogP contribution >= 0.6 is 0 Å². The van der Waals surface area contributed by atoms with Crippen molar-refractivity contribution >= 4 is 17.7 Å². The number of carbonyl (C=O) groups is 2. The second kappa shape index (κ2) is 6.60. The number of nitrogens with zero attached hydrogens (tertiary/aromatic N) is 1. The summed E-state index contributed by atoms with van der Waals surface area (Å²) in [5.41, 5.74) is 0.490. The number of ether oxygens (including phenoxy) is 1. The fourth-order valence-electron chi connectivity index (χ4n) is 1.45. The molecule has 0 unspecified atom stereocenters. The minimum atomic E-state index is -1.34. The Morgan fingerprint density at radius 1 is 1.42 bits per heavy atom. The molecule has 0 aromatic heterocycles. The Bertz CT molecular complexity index is 463. The number of amides is 2. The van der Waals surface area contributed by atoms with Gasteiger partial charge in [-0.3, -0.25) is 4.90 Å². The molecule has 1 atom stereocenters. The third-order valence-electron chi connectivity index (χ3n) is 2.53. The predicted octanol–water partition coefficient (Wildman–Crippen LogP) is 0.287. The molecule has 3 N–H and O–H groups in total. The number of nitrogens with one attached hydrogen (secondary N) is 1. The van der Waals surface area contributed by atoms with Crippen molar-refractivity contribution in [2.24, 2.45) is 0 Å². The monoisotopic (exact) mass is 268 g/mol. The standard InChI is InChI=1S/C12H16N2O5/c1-14(9-5-3-4-6-10(9)19-2)12(18)13-8(7-15)11(16)17/h3-6,8,15H,7H2,1-2H3,(H,13,18)(H,16,17)/t8-/m1/s1. The number of benzene rings is 1. The topological polar surface area (TPSA) is 99.1 Å². The molecule has 1 aromatic carbocycles. The first kappa shape index (κ1) is 14.8. The Balaban J connectivity index is 2.84.